The quantitative estimate of drug-likeness (QED) is 0.348. The number of ketones is 2. The van der Waals surface area contributed by atoms with E-state index in [9.17, 15) is 28.8 Å². The Kier molecular flexibility index (Phi) is 7.62. The van der Waals surface area contributed by atoms with Crippen molar-refractivity contribution < 1.29 is 43.0 Å². The van der Waals surface area contributed by atoms with Gasteiger partial charge in [-0.25, -0.2) is 9.88 Å². The highest BCUT2D eigenvalue weighted by atomic mass is 35.5. The lowest BCUT2D eigenvalue weighted by molar-refractivity contribution is -0.154. The van der Waals surface area contributed by atoms with Crippen molar-refractivity contribution in [2.45, 2.75) is 18.8 Å². The number of amides is 3. The van der Waals surface area contributed by atoms with E-state index in [1.165, 1.54) is 43.8 Å². The molecule has 0 spiro atoms. The number of allylic oxidation sites excluding steroid dienone is 2. The van der Waals surface area contributed by atoms with Gasteiger partial charge in [0.05, 0.1) is 11.6 Å². The summed E-state index contributed by atoms with van der Waals surface area (Å²) < 4.78 is 18.6. The molecule has 1 aromatic heterocycles. The molecule has 5 rings (SSSR count). The van der Waals surface area contributed by atoms with Crippen molar-refractivity contribution in [1.82, 2.24) is 19.4 Å². The number of rotatable bonds is 6. The summed E-state index contributed by atoms with van der Waals surface area (Å²) in [7, 11) is 0. The summed E-state index contributed by atoms with van der Waals surface area (Å²) in [4.78, 5) is 81.0. The molecule has 1 aliphatic carbocycles. The third-order valence-corrected chi connectivity index (χ3v) is 6.95. The highest BCUT2D eigenvalue weighted by Gasteiger charge is 2.52. The summed E-state index contributed by atoms with van der Waals surface area (Å²) in [5.41, 5.74) is -0.261. The van der Waals surface area contributed by atoms with Gasteiger partial charge in [0.15, 0.2) is 5.76 Å². The molecule has 15 heteroatoms. The van der Waals surface area contributed by atoms with E-state index in [4.69, 9.17) is 37.4 Å². The van der Waals surface area contributed by atoms with Crippen LogP contribution < -0.4 is 0 Å². The van der Waals surface area contributed by atoms with Gasteiger partial charge >= 0.3 is 0 Å². The maximum absolute atomic E-state index is 13.5. The minimum absolute atomic E-state index is 0.106. The Morgan fingerprint density at radius 3 is 2.46 bits per heavy atom. The summed E-state index contributed by atoms with van der Waals surface area (Å²) in [6.45, 7) is -0.0864. The molecule has 2 saturated heterocycles. The maximum Gasteiger partial charge on any atom is 0.297 e. The van der Waals surface area contributed by atoms with E-state index in [1.54, 1.807) is 0 Å². The number of carbonyl (C=O) groups is 6. The molecule has 3 heterocycles. The van der Waals surface area contributed by atoms with Crippen LogP contribution in [-0.2, 0) is 44.0 Å². The number of imide groups is 1. The number of imidazole rings is 1. The number of halogens is 2. The van der Waals surface area contributed by atoms with Gasteiger partial charge in [0, 0.05) is 42.1 Å². The van der Waals surface area contributed by atoms with Gasteiger partial charge in [0.1, 0.15) is 37.8 Å². The van der Waals surface area contributed by atoms with Crippen molar-refractivity contribution in [1.29, 1.82) is 0 Å². The first-order chi connectivity index (χ1) is 19.5. The van der Waals surface area contributed by atoms with Crippen LogP contribution in [0.1, 0.15) is 17.3 Å². The molecule has 1 aromatic carbocycles. The Balaban J connectivity index is 1.30. The van der Waals surface area contributed by atoms with Crippen LogP contribution in [-0.4, -0.2) is 87.0 Å². The molecule has 2 unspecified atom stereocenters. The summed E-state index contributed by atoms with van der Waals surface area (Å²) >= 11 is 12.4. The summed E-state index contributed by atoms with van der Waals surface area (Å²) in [6, 6.07) is 4.42. The number of nitrogens with zero attached hydrogens (tertiary/aromatic N) is 4. The van der Waals surface area contributed by atoms with Crippen molar-refractivity contribution in [3.05, 3.63) is 76.1 Å². The topological polar surface area (TPSA) is 154 Å². The van der Waals surface area contributed by atoms with Crippen molar-refractivity contribution >= 4 is 58.4 Å². The lowest BCUT2D eigenvalue weighted by Gasteiger charge is -2.33. The fourth-order valence-electron chi connectivity index (χ4n) is 4.42. The maximum atomic E-state index is 13.5. The second-order valence-corrected chi connectivity index (χ2v) is 9.99. The Labute approximate surface area is 241 Å². The highest BCUT2D eigenvalue weighted by molar-refractivity contribution is 6.35. The van der Waals surface area contributed by atoms with Crippen molar-refractivity contribution in [2.24, 2.45) is 0 Å². The minimum Gasteiger partial charge on any atom is -0.487 e. The molecule has 2 aliphatic heterocycles. The number of hydrogen-bond acceptors (Lipinski definition) is 10. The van der Waals surface area contributed by atoms with E-state index >= 15 is 0 Å². The van der Waals surface area contributed by atoms with Crippen molar-refractivity contribution in [2.75, 3.05) is 26.3 Å². The predicted octanol–water partition coefficient (Wildman–Crippen LogP) is 1.25. The molecule has 2 atom stereocenters. The van der Waals surface area contributed by atoms with Gasteiger partial charge in [-0.2, -0.15) is 0 Å². The van der Waals surface area contributed by atoms with Gasteiger partial charge in [0.2, 0.25) is 17.5 Å². The van der Waals surface area contributed by atoms with Crippen molar-refractivity contribution in [3.63, 3.8) is 0 Å². The largest absolute Gasteiger partial charge is 0.487 e. The lowest BCUT2D eigenvalue weighted by atomic mass is 10.0. The van der Waals surface area contributed by atoms with Crippen LogP contribution in [0.25, 0.3) is 0 Å². The van der Waals surface area contributed by atoms with E-state index in [0.29, 0.717) is 9.92 Å². The number of aromatic nitrogens is 2. The minimum atomic E-state index is -1.99. The smallest absolute Gasteiger partial charge is 0.297 e. The fraction of sp³-hybridized carbons (Fsp3) is 0.269. The van der Waals surface area contributed by atoms with Crippen LogP contribution >= 0.6 is 23.2 Å². The number of hydrogen-bond donors (Lipinski definition) is 0. The van der Waals surface area contributed by atoms with Crippen LogP contribution in [0.2, 0.25) is 10.0 Å². The first kappa shape index (κ1) is 28.4. The van der Waals surface area contributed by atoms with Gasteiger partial charge in [-0.3, -0.25) is 33.3 Å². The molecule has 2 aromatic rings. The van der Waals surface area contributed by atoms with Gasteiger partial charge in [-0.15, -0.1) is 0 Å². The van der Waals surface area contributed by atoms with Crippen LogP contribution in [0, 0.1) is 0 Å². The Hall–Kier alpha value is -4.17. The average molecular weight is 603 g/mol. The van der Waals surface area contributed by atoms with Gasteiger partial charge in [0.25, 0.3) is 23.5 Å². The summed E-state index contributed by atoms with van der Waals surface area (Å²) in [5.74, 6) is -6.74. The molecule has 13 nitrogen and oxygen atoms in total. The second kappa shape index (κ2) is 11.0. The average Bonchev–Trinajstić information content (AvgIpc) is 3.60. The Bertz CT molecular complexity index is 1530. The molecule has 2 fully saturated rings. The number of benzene rings is 1. The monoisotopic (exact) mass is 602 g/mol. The predicted molar refractivity (Wildman–Crippen MR) is 138 cm³/mol. The summed E-state index contributed by atoms with van der Waals surface area (Å²) in [6.07, 6.45) is 4.84. The van der Waals surface area contributed by atoms with Crippen LogP contribution in [0.4, 0.5) is 0 Å². The molecule has 0 bridgehead atoms. The Morgan fingerprint density at radius 1 is 1.10 bits per heavy atom. The normalized spacial score (nSPS) is 23.0. The molecular weight excluding hydrogens is 583 g/mol. The zero-order valence-corrected chi connectivity index (χ0v) is 22.8. The van der Waals surface area contributed by atoms with E-state index in [0.717, 1.165) is 21.6 Å². The van der Waals surface area contributed by atoms with Gasteiger partial charge in [-0.05, 0) is 12.1 Å². The zero-order valence-electron chi connectivity index (χ0n) is 21.2. The second-order valence-electron chi connectivity index (χ2n) is 9.14. The van der Waals surface area contributed by atoms with E-state index in [1.807, 2.05) is 0 Å². The first-order valence-electron chi connectivity index (χ1n) is 12.1. The van der Waals surface area contributed by atoms with E-state index in [2.05, 4.69) is 4.98 Å². The molecular formula is C26H20Cl2N4O9. The first-order valence-corrected chi connectivity index (χ1v) is 12.8. The molecule has 0 radical (unpaired) electrons. The third-order valence-electron chi connectivity index (χ3n) is 6.40. The van der Waals surface area contributed by atoms with Crippen LogP contribution in [0.15, 0.2) is 60.5 Å². The highest BCUT2D eigenvalue weighted by Crippen LogP contribution is 2.40. The van der Waals surface area contributed by atoms with Gasteiger partial charge in [-0.1, -0.05) is 29.3 Å². The molecule has 41 heavy (non-hydrogen) atoms. The Morgan fingerprint density at radius 2 is 1.83 bits per heavy atom. The molecule has 212 valence electrons. The number of piperazine rings is 1. The molecule has 3 amide bonds. The molecule has 0 saturated carbocycles. The van der Waals surface area contributed by atoms with Crippen LogP contribution in [0.5, 0.6) is 0 Å². The SMILES string of the molecule is CC(=O)N1CC(=O)N(C2=CC(=O)C(OCC3COC(C(=O)n4ccnc4)(c4ccc(Cl)cc4Cl)O3)=CC2=O)C(=O)C1. The van der Waals surface area contributed by atoms with Gasteiger partial charge < -0.3 is 19.1 Å². The lowest BCUT2D eigenvalue weighted by Crippen LogP contribution is -2.55. The van der Waals surface area contributed by atoms with E-state index < -0.39 is 65.9 Å². The van der Waals surface area contributed by atoms with Crippen LogP contribution in [0.3, 0.4) is 0 Å². The fourth-order valence-corrected chi connectivity index (χ4v) is 4.96. The standard InChI is InChI=1S/C26H20Cl2N4O9/c1-14(33)31-9-23(36)32(24(37)10-31)19-7-21(35)22(8-20(19)34)39-11-16-12-40-26(41-16,25(38)30-5-4-29-13-30)17-3-2-15(27)6-18(17)28/h2-8,13,16H,9-12H2,1H3. The van der Waals surface area contributed by atoms with E-state index in [-0.39, 0.29) is 29.6 Å². The summed E-state index contributed by atoms with van der Waals surface area (Å²) in [5, 5.41) is 0.431. The third kappa shape index (κ3) is 5.32. The molecule has 0 N–H and O–H groups in total. The van der Waals surface area contributed by atoms with Crippen molar-refractivity contribution in [3.8, 4) is 0 Å². The zero-order chi connectivity index (χ0) is 29.5. The number of ether oxygens (including phenoxy) is 3. The molecule has 3 aliphatic rings. The number of carbonyl (C=O) groups excluding carboxylic acids is 6.